The predicted molar refractivity (Wildman–Crippen MR) is 74.6 cm³/mol. The summed E-state index contributed by atoms with van der Waals surface area (Å²) in [7, 11) is 0. The zero-order valence-corrected chi connectivity index (χ0v) is 11.3. The maximum atomic E-state index is 9.30. The van der Waals surface area contributed by atoms with Crippen molar-refractivity contribution in [1.29, 1.82) is 5.26 Å². The third kappa shape index (κ3) is 2.05. The lowest BCUT2D eigenvalue weighted by Gasteiger charge is -2.27. The highest BCUT2D eigenvalue weighted by Crippen LogP contribution is 2.38. The first kappa shape index (κ1) is 12.8. The molecule has 0 radical (unpaired) electrons. The number of anilines is 2. The second kappa shape index (κ2) is 5.34. The summed E-state index contributed by atoms with van der Waals surface area (Å²) in [4.78, 5) is 2.24. The number of hydrogen-bond acceptors (Lipinski definition) is 3. The van der Waals surface area contributed by atoms with Gasteiger partial charge in [-0.25, -0.2) is 0 Å². The Morgan fingerprint density at radius 1 is 1.39 bits per heavy atom. The summed E-state index contributed by atoms with van der Waals surface area (Å²) in [5.74, 6) is 1.04. The first-order chi connectivity index (χ1) is 8.72. The van der Waals surface area contributed by atoms with E-state index in [4.69, 9.17) is 5.73 Å². The van der Waals surface area contributed by atoms with E-state index in [1.807, 2.05) is 6.07 Å². The van der Waals surface area contributed by atoms with E-state index < -0.39 is 0 Å². The minimum absolute atomic E-state index is 0.451. The van der Waals surface area contributed by atoms with Crippen LogP contribution in [0, 0.1) is 11.3 Å². The van der Waals surface area contributed by atoms with Gasteiger partial charge in [0.05, 0.1) is 5.69 Å². The van der Waals surface area contributed by atoms with E-state index >= 15 is 0 Å². The van der Waals surface area contributed by atoms with Crippen LogP contribution in [-0.2, 0) is 0 Å². The Hall–Kier alpha value is -1.63. The molecule has 1 aliphatic rings. The molecule has 1 aromatic rings. The maximum Gasteiger partial charge on any atom is 0.133 e. The minimum atomic E-state index is 0.451. The lowest BCUT2D eigenvalue weighted by atomic mass is 10.2. The molecule has 0 amide bonds. The molecule has 0 aromatic carbocycles. The van der Waals surface area contributed by atoms with Gasteiger partial charge in [-0.05, 0) is 32.8 Å². The van der Waals surface area contributed by atoms with Crippen LogP contribution in [0.15, 0.2) is 6.07 Å². The Morgan fingerprint density at radius 2 is 2.00 bits per heavy atom. The Labute approximate surface area is 109 Å². The SMILES string of the molecule is CCN(CC)c1c(N)cc(C#N)n1C1CCCC1. The van der Waals surface area contributed by atoms with Gasteiger partial charge in [-0.2, -0.15) is 5.26 Å². The molecule has 0 unspecified atom stereocenters. The number of nitrogens with zero attached hydrogens (tertiary/aromatic N) is 3. The van der Waals surface area contributed by atoms with Crippen LogP contribution in [-0.4, -0.2) is 17.7 Å². The normalized spacial score (nSPS) is 15.8. The third-order valence-corrected chi connectivity index (χ3v) is 3.91. The van der Waals surface area contributed by atoms with Crippen molar-refractivity contribution in [2.45, 2.75) is 45.6 Å². The van der Waals surface area contributed by atoms with E-state index in [0.29, 0.717) is 11.7 Å². The van der Waals surface area contributed by atoms with Crippen LogP contribution in [0.25, 0.3) is 0 Å². The van der Waals surface area contributed by atoms with Gasteiger partial charge in [0, 0.05) is 19.1 Å². The molecule has 1 saturated carbocycles. The van der Waals surface area contributed by atoms with Crippen molar-refractivity contribution in [3.63, 3.8) is 0 Å². The molecular weight excluding hydrogens is 224 g/mol. The summed E-state index contributed by atoms with van der Waals surface area (Å²) in [6.07, 6.45) is 4.84. The van der Waals surface area contributed by atoms with Gasteiger partial charge in [0.1, 0.15) is 17.6 Å². The van der Waals surface area contributed by atoms with Gasteiger partial charge in [0.2, 0.25) is 0 Å². The van der Waals surface area contributed by atoms with Gasteiger partial charge in [0.15, 0.2) is 0 Å². The van der Waals surface area contributed by atoms with Crippen molar-refractivity contribution in [3.8, 4) is 6.07 Å². The molecule has 2 N–H and O–H groups in total. The molecule has 1 fully saturated rings. The molecule has 0 saturated heterocycles. The molecule has 4 heteroatoms. The molecule has 0 aliphatic heterocycles. The second-order valence-corrected chi connectivity index (χ2v) is 4.90. The first-order valence-corrected chi connectivity index (χ1v) is 6.88. The molecule has 98 valence electrons. The molecule has 1 aliphatic carbocycles. The summed E-state index contributed by atoms with van der Waals surface area (Å²) in [5.41, 5.74) is 7.57. The summed E-state index contributed by atoms with van der Waals surface area (Å²) >= 11 is 0. The van der Waals surface area contributed by atoms with Crippen molar-refractivity contribution >= 4 is 11.5 Å². The average molecular weight is 246 g/mol. The lowest BCUT2D eigenvalue weighted by Crippen LogP contribution is -2.27. The summed E-state index contributed by atoms with van der Waals surface area (Å²) in [6, 6.07) is 4.57. The highest BCUT2D eigenvalue weighted by Gasteiger charge is 2.25. The van der Waals surface area contributed by atoms with Crippen LogP contribution in [0.2, 0.25) is 0 Å². The van der Waals surface area contributed by atoms with Crippen molar-refractivity contribution < 1.29 is 0 Å². The van der Waals surface area contributed by atoms with Crippen molar-refractivity contribution in [3.05, 3.63) is 11.8 Å². The first-order valence-electron chi connectivity index (χ1n) is 6.88. The average Bonchev–Trinajstić information content (AvgIpc) is 2.99. The van der Waals surface area contributed by atoms with Gasteiger partial charge in [-0.3, -0.25) is 0 Å². The van der Waals surface area contributed by atoms with Crippen LogP contribution >= 0.6 is 0 Å². The number of hydrogen-bond donors (Lipinski definition) is 1. The van der Waals surface area contributed by atoms with E-state index in [2.05, 4.69) is 29.4 Å². The molecule has 4 nitrogen and oxygen atoms in total. The van der Waals surface area contributed by atoms with Gasteiger partial charge in [0.25, 0.3) is 0 Å². The Balaban J connectivity index is 2.49. The number of nitriles is 1. The minimum Gasteiger partial charge on any atom is -0.396 e. The summed E-state index contributed by atoms with van der Waals surface area (Å²) in [5, 5.41) is 9.30. The Kier molecular flexibility index (Phi) is 3.81. The van der Waals surface area contributed by atoms with E-state index in [9.17, 15) is 5.26 Å². The van der Waals surface area contributed by atoms with E-state index in [1.165, 1.54) is 12.8 Å². The van der Waals surface area contributed by atoms with Crippen LogP contribution in [0.4, 0.5) is 11.5 Å². The zero-order chi connectivity index (χ0) is 13.1. The predicted octanol–water partition coefficient (Wildman–Crippen LogP) is 2.90. The van der Waals surface area contributed by atoms with E-state index in [-0.39, 0.29) is 0 Å². The van der Waals surface area contributed by atoms with E-state index in [1.54, 1.807) is 0 Å². The number of nitrogens with two attached hydrogens (primary N) is 1. The fraction of sp³-hybridized carbons (Fsp3) is 0.643. The molecule has 2 rings (SSSR count). The topological polar surface area (TPSA) is 58.0 Å². The van der Waals surface area contributed by atoms with Gasteiger partial charge >= 0.3 is 0 Å². The molecule has 0 atom stereocenters. The van der Waals surface area contributed by atoms with Crippen LogP contribution in [0.5, 0.6) is 0 Å². The molecule has 0 spiro atoms. The van der Waals surface area contributed by atoms with E-state index in [0.717, 1.165) is 37.4 Å². The van der Waals surface area contributed by atoms with Crippen LogP contribution < -0.4 is 10.6 Å². The van der Waals surface area contributed by atoms with Crippen molar-refractivity contribution in [2.75, 3.05) is 23.7 Å². The van der Waals surface area contributed by atoms with Crippen molar-refractivity contribution in [2.24, 2.45) is 0 Å². The second-order valence-electron chi connectivity index (χ2n) is 4.90. The largest absolute Gasteiger partial charge is 0.396 e. The number of rotatable bonds is 4. The Bertz CT molecular complexity index is 445. The summed E-state index contributed by atoms with van der Waals surface area (Å²) < 4.78 is 2.18. The lowest BCUT2D eigenvalue weighted by molar-refractivity contribution is 0.513. The maximum absolute atomic E-state index is 9.30. The van der Waals surface area contributed by atoms with Crippen LogP contribution in [0.3, 0.4) is 0 Å². The van der Waals surface area contributed by atoms with Gasteiger partial charge < -0.3 is 15.2 Å². The molecule has 1 aromatic heterocycles. The van der Waals surface area contributed by atoms with Crippen LogP contribution in [0.1, 0.15) is 51.3 Å². The number of nitrogen functional groups attached to an aromatic ring is 1. The molecule has 18 heavy (non-hydrogen) atoms. The molecular formula is C14H22N4. The van der Waals surface area contributed by atoms with Gasteiger partial charge in [-0.15, -0.1) is 0 Å². The number of aromatic nitrogens is 1. The highest BCUT2D eigenvalue weighted by atomic mass is 15.3. The monoisotopic (exact) mass is 246 g/mol. The fourth-order valence-electron chi connectivity index (χ4n) is 3.01. The van der Waals surface area contributed by atoms with Gasteiger partial charge in [-0.1, -0.05) is 12.8 Å². The smallest absolute Gasteiger partial charge is 0.133 e. The fourth-order valence-corrected chi connectivity index (χ4v) is 3.01. The highest BCUT2D eigenvalue weighted by molar-refractivity contribution is 5.68. The quantitative estimate of drug-likeness (QED) is 0.888. The standard InChI is InChI=1S/C14H22N4/c1-3-17(4-2)14-13(16)9-12(10-15)18(14)11-7-5-6-8-11/h9,11H,3-8,16H2,1-2H3. The van der Waals surface area contributed by atoms with Crippen molar-refractivity contribution in [1.82, 2.24) is 4.57 Å². The Morgan fingerprint density at radius 3 is 2.50 bits per heavy atom. The third-order valence-electron chi connectivity index (χ3n) is 3.91. The zero-order valence-electron chi connectivity index (χ0n) is 11.3. The molecule has 1 heterocycles. The molecule has 0 bridgehead atoms. The summed E-state index contributed by atoms with van der Waals surface area (Å²) in [6.45, 7) is 6.09.